The van der Waals surface area contributed by atoms with Gasteiger partial charge in [-0.3, -0.25) is 9.63 Å². The standard InChI is InChI=1S/C10H18N2O2/c1-2-7-12-9(13)8-10(14-12)3-5-11-6-4-10/h11H,2-8H2,1H3. The summed E-state index contributed by atoms with van der Waals surface area (Å²) in [7, 11) is 0. The van der Waals surface area contributed by atoms with Crippen LogP contribution in [0.1, 0.15) is 32.6 Å². The molecule has 0 bridgehead atoms. The van der Waals surface area contributed by atoms with Gasteiger partial charge in [-0.05, 0) is 32.4 Å². The first-order chi connectivity index (χ1) is 6.76. The molecule has 4 heteroatoms. The molecular formula is C10H18N2O2. The highest BCUT2D eigenvalue weighted by Gasteiger charge is 2.45. The maximum Gasteiger partial charge on any atom is 0.249 e. The maximum atomic E-state index is 11.6. The van der Waals surface area contributed by atoms with Crippen molar-refractivity contribution >= 4 is 5.91 Å². The van der Waals surface area contributed by atoms with Gasteiger partial charge in [0.1, 0.15) is 5.60 Å². The lowest BCUT2D eigenvalue weighted by Gasteiger charge is -2.32. The predicted molar refractivity (Wildman–Crippen MR) is 52.5 cm³/mol. The number of piperidine rings is 1. The molecule has 2 saturated heterocycles. The first-order valence-electron chi connectivity index (χ1n) is 5.46. The normalized spacial score (nSPS) is 26.1. The molecule has 1 N–H and O–H groups in total. The van der Waals surface area contributed by atoms with E-state index >= 15 is 0 Å². The van der Waals surface area contributed by atoms with E-state index in [0.29, 0.717) is 6.42 Å². The molecule has 0 radical (unpaired) electrons. The minimum atomic E-state index is -0.169. The van der Waals surface area contributed by atoms with Crippen LogP contribution in [-0.4, -0.2) is 36.2 Å². The lowest BCUT2D eigenvalue weighted by molar-refractivity contribution is -0.205. The fourth-order valence-electron chi connectivity index (χ4n) is 2.20. The van der Waals surface area contributed by atoms with Crippen molar-refractivity contribution in [1.82, 2.24) is 10.4 Å². The van der Waals surface area contributed by atoms with Crippen LogP contribution in [0.15, 0.2) is 0 Å². The second-order valence-corrected chi connectivity index (χ2v) is 4.20. The molecule has 0 atom stereocenters. The van der Waals surface area contributed by atoms with Gasteiger partial charge in [0, 0.05) is 6.54 Å². The molecule has 0 aromatic carbocycles. The van der Waals surface area contributed by atoms with Crippen LogP contribution in [0.4, 0.5) is 0 Å². The number of nitrogens with one attached hydrogen (secondary N) is 1. The number of amides is 1. The van der Waals surface area contributed by atoms with Gasteiger partial charge in [0.15, 0.2) is 0 Å². The van der Waals surface area contributed by atoms with Crippen molar-refractivity contribution in [3.8, 4) is 0 Å². The van der Waals surface area contributed by atoms with E-state index in [1.54, 1.807) is 5.06 Å². The largest absolute Gasteiger partial charge is 0.317 e. The van der Waals surface area contributed by atoms with Crippen LogP contribution in [0.3, 0.4) is 0 Å². The van der Waals surface area contributed by atoms with E-state index in [0.717, 1.165) is 38.9 Å². The lowest BCUT2D eigenvalue weighted by atomic mass is 9.90. The minimum absolute atomic E-state index is 0.161. The van der Waals surface area contributed by atoms with Crippen LogP contribution in [-0.2, 0) is 9.63 Å². The molecule has 2 aliphatic heterocycles. The molecule has 0 saturated carbocycles. The van der Waals surface area contributed by atoms with Gasteiger partial charge in [0.05, 0.1) is 6.42 Å². The van der Waals surface area contributed by atoms with Gasteiger partial charge in [0.25, 0.3) is 0 Å². The first-order valence-corrected chi connectivity index (χ1v) is 5.46. The van der Waals surface area contributed by atoms with Crippen LogP contribution < -0.4 is 5.32 Å². The summed E-state index contributed by atoms with van der Waals surface area (Å²) >= 11 is 0. The SMILES string of the molecule is CCCN1OC2(CCNCC2)CC1=O. The summed E-state index contributed by atoms with van der Waals surface area (Å²) in [5, 5.41) is 4.85. The third-order valence-corrected chi connectivity index (χ3v) is 3.00. The van der Waals surface area contributed by atoms with E-state index in [-0.39, 0.29) is 11.5 Å². The van der Waals surface area contributed by atoms with E-state index in [9.17, 15) is 4.79 Å². The lowest BCUT2D eigenvalue weighted by Crippen LogP contribution is -2.42. The number of carbonyl (C=O) groups is 1. The monoisotopic (exact) mass is 198 g/mol. The van der Waals surface area contributed by atoms with Crippen molar-refractivity contribution in [2.75, 3.05) is 19.6 Å². The Bertz CT molecular complexity index is 224. The molecule has 1 amide bonds. The Hall–Kier alpha value is -0.610. The zero-order chi connectivity index (χ0) is 10.0. The summed E-state index contributed by atoms with van der Waals surface area (Å²) in [6.45, 7) is 4.72. The van der Waals surface area contributed by atoms with Gasteiger partial charge in [-0.2, -0.15) is 0 Å². The topological polar surface area (TPSA) is 41.6 Å². The average Bonchev–Trinajstić information content (AvgIpc) is 2.45. The quantitative estimate of drug-likeness (QED) is 0.709. The highest BCUT2D eigenvalue weighted by molar-refractivity contribution is 5.78. The molecule has 2 aliphatic rings. The fraction of sp³-hybridized carbons (Fsp3) is 0.900. The Labute approximate surface area is 84.6 Å². The Morgan fingerprint density at radius 3 is 2.86 bits per heavy atom. The summed E-state index contributed by atoms with van der Waals surface area (Å²) < 4.78 is 0. The minimum Gasteiger partial charge on any atom is -0.317 e. The molecule has 2 heterocycles. The first kappa shape index (κ1) is 9.93. The van der Waals surface area contributed by atoms with Crippen molar-refractivity contribution in [3.05, 3.63) is 0 Å². The molecular weight excluding hydrogens is 180 g/mol. The van der Waals surface area contributed by atoms with Gasteiger partial charge in [0.2, 0.25) is 5.91 Å². The second kappa shape index (κ2) is 3.87. The van der Waals surface area contributed by atoms with Gasteiger partial charge < -0.3 is 5.32 Å². The van der Waals surface area contributed by atoms with Crippen LogP contribution in [0.25, 0.3) is 0 Å². The van der Waals surface area contributed by atoms with Crippen LogP contribution >= 0.6 is 0 Å². The molecule has 2 fully saturated rings. The highest BCUT2D eigenvalue weighted by atomic mass is 16.7. The highest BCUT2D eigenvalue weighted by Crippen LogP contribution is 2.34. The average molecular weight is 198 g/mol. The Balaban J connectivity index is 1.99. The third kappa shape index (κ3) is 1.77. The van der Waals surface area contributed by atoms with Gasteiger partial charge in [-0.1, -0.05) is 6.92 Å². The van der Waals surface area contributed by atoms with Crippen molar-refractivity contribution in [2.45, 2.75) is 38.2 Å². The molecule has 0 aromatic rings. The Kier molecular flexibility index (Phi) is 2.74. The molecule has 0 aliphatic carbocycles. The number of nitrogens with zero attached hydrogens (tertiary/aromatic N) is 1. The number of hydrogen-bond donors (Lipinski definition) is 1. The van der Waals surface area contributed by atoms with Crippen LogP contribution in [0, 0.1) is 0 Å². The molecule has 14 heavy (non-hydrogen) atoms. The van der Waals surface area contributed by atoms with E-state index in [2.05, 4.69) is 12.2 Å². The van der Waals surface area contributed by atoms with Crippen molar-refractivity contribution < 1.29 is 9.63 Å². The van der Waals surface area contributed by atoms with E-state index in [1.807, 2.05) is 0 Å². The summed E-state index contributed by atoms with van der Waals surface area (Å²) in [6.07, 6.45) is 3.45. The predicted octanol–water partition coefficient (Wildman–Crippen LogP) is 0.682. The smallest absolute Gasteiger partial charge is 0.249 e. The summed E-state index contributed by atoms with van der Waals surface area (Å²) in [4.78, 5) is 17.4. The molecule has 80 valence electrons. The Morgan fingerprint density at radius 1 is 1.50 bits per heavy atom. The Morgan fingerprint density at radius 2 is 2.21 bits per heavy atom. The van der Waals surface area contributed by atoms with Crippen molar-refractivity contribution in [1.29, 1.82) is 0 Å². The maximum absolute atomic E-state index is 11.6. The second-order valence-electron chi connectivity index (χ2n) is 4.20. The van der Waals surface area contributed by atoms with E-state index in [1.165, 1.54) is 0 Å². The van der Waals surface area contributed by atoms with Gasteiger partial charge >= 0.3 is 0 Å². The number of hydrogen-bond acceptors (Lipinski definition) is 3. The molecule has 1 spiro atoms. The number of rotatable bonds is 2. The van der Waals surface area contributed by atoms with Gasteiger partial charge in [-0.15, -0.1) is 0 Å². The van der Waals surface area contributed by atoms with Crippen molar-refractivity contribution in [2.24, 2.45) is 0 Å². The molecule has 4 nitrogen and oxygen atoms in total. The van der Waals surface area contributed by atoms with Crippen molar-refractivity contribution in [3.63, 3.8) is 0 Å². The fourth-order valence-corrected chi connectivity index (χ4v) is 2.20. The van der Waals surface area contributed by atoms with Crippen LogP contribution in [0.5, 0.6) is 0 Å². The van der Waals surface area contributed by atoms with E-state index < -0.39 is 0 Å². The van der Waals surface area contributed by atoms with E-state index in [4.69, 9.17) is 4.84 Å². The molecule has 0 aromatic heterocycles. The number of hydroxylamine groups is 2. The summed E-state index contributed by atoms with van der Waals surface area (Å²) in [5.41, 5.74) is -0.169. The zero-order valence-electron chi connectivity index (χ0n) is 8.71. The summed E-state index contributed by atoms with van der Waals surface area (Å²) in [6, 6.07) is 0. The molecule has 2 rings (SSSR count). The van der Waals surface area contributed by atoms with Gasteiger partial charge in [-0.25, -0.2) is 5.06 Å². The van der Waals surface area contributed by atoms with Crippen LogP contribution in [0.2, 0.25) is 0 Å². The third-order valence-electron chi connectivity index (χ3n) is 3.00. The molecule has 0 unspecified atom stereocenters. The summed E-state index contributed by atoms with van der Waals surface area (Å²) in [5.74, 6) is 0.161. The zero-order valence-corrected chi connectivity index (χ0v) is 8.71. The number of carbonyl (C=O) groups excluding carboxylic acids is 1.